The van der Waals surface area contributed by atoms with Gasteiger partial charge in [-0.2, -0.15) is 0 Å². The van der Waals surface area contributed by atoms with Crippen molar-refractivity contribution in [2.45, 2.75) is 40.0 Å². The summed E-state index contributed by atoms with van der Waals surface area (Å²) in [5.74, 6) is 1.09. The third kappa shape index (κ3) is 2.74. The maximum Gasteiger partial charge on any atom is 0.122 e. The van der Waals surface area contributed by atoms with E-state index in [1.54, 1.807) is 0 Å². The molecule has 1 aliphatic heterocycles. The third-order valence-electron chi connectivity index (χ3n) is 2.92. The standard InChI is InChI=1S/C14H20O/c1-14(2,3)8-6-11-4-5-13-12(10-11)7-9-15-13/h4-5,10H,6-9H2,1-3H3. The molecule has 0 aromatic heterocycles. The maximum atomic E-state index is 5.50. The lowest BCUT2D eigenvalue weighted by Gasteiger charge is -2.17. The van der Waals surface area contributed by atoms with Crippen LogP contribution in [-0.2, 0) is 12.8 Å². The molecule has 0 N–H and O–H groups in total. The highest BCUT2D eigenvalue weighted by atomic mass is 16.5. The Labute approximate surface area is 92.5 Å². The Balaban J connectivity index is 2.04. The van der Waals surface area contributed by atoms with Gasteiger partial charge >= 0.3 is 0 Å². The highest BCUT2D eigenvalue weighted by molar-refractivity contribution is 5.39. The predicted octanol–water partition coefficient (Wildman–Crippen LogP) is 3.60. The van der Waals surface area contributed by atoms with Crippen LogP contribution in [0.15, 0.2) is 18.2 Å². The summed E-state index contributed by atoms with van der Waals surface area (Å²) >= 11 is 0. The predicted molar refractivity (Wildman–Crippen MR) is 63.4 cm³/mol. The molecule has 1 heteroatoms. The van der Waals surface area contributed by atoms with E-state index in [1.165, 1.54) is 24.0 Å². The molecule has 0 unspecified atom stereocenters. The molecule has 1 aromatic carbocycles. The minimum Gasteiger partial charge on any atom is -0.493 e. The van der Waals surface area contributed by atoms with Crippen molar-refractivity contribution in [2.24, 2.45) is 5.41 Å². The number of rotatable bonds is 2. The van der Waals surface area contributed by atoms with Crippen molar-refractivity contribution in [1.82, 2.24) is 0 Å². The van der Waals surface area contributed by atoms with Crippen molar-refractivity contribution in [3.05, 3.63) is 29.3 Å². The second-order valence-corrected chi connectivity index (χ2v) is 5.60. The van der Waals surface area contributed by atoms with Crippen LogP contribution < -0.4 is 4.74 Å². The topological polar surface area (TPSA) is 9.23 Å². The van der Waals surface area contributed by atoms with Gasteiger partial charge in [0.2, 0.25) is 0 Å². The Bertz CT molecular complexity index is 347. The summed E-state index contributed by atoms with van der Waals surface area (Å²) in [4.78, 5) is 0. The Kier molecular flexibility index (Phi) is 2.72. The highest BCUT2D eigenvalue weighted by Crippen LogP contribution is 2.28. The summed E-state index contributed by atoms with van der Waals surface area (Å²) in [6.07, 6.45) is 3.50. The number of hydrogen-bond acceptors (Lipinski definition) is 1. The molecule has 0 spiro atoms. The lowest BCUT2D eigenvalue weighted by molar-refractivity contribution is 0.356. The first-order valence-electron chi connectivity index (χ1n) is 5.79. The average Bonchev–Trinajstić information content (AvgIpc) is 2.60. The molecule has 1 heterocycles. The third-order valence-corrected chi connectivity index (χ3v) is 2.92. The van der Waals surface area contributed by atoms with E-state index in [2.05, 4.69) is 39.0 Å². The molecule has 15 heavy (non-hydrogen) atoms. The lowest BCUT2D eigenvalue weighted by Crippen LogP contribution is -2.06. The van der Waals surface area contributed by atoms with Gasteiger partial charge in [-0.15, -0.1) is 0 Å². The number of aryl methyl sites for hydroxylation is 1. The number of ether oxygens (including phenoxy) is 1. The Morgan fingerprint density at radius 2 is 2.07 bits per heavy atom. The van der Waals surface area contributed by atoms with Crippen molar-refractivity contribution in [3.8, 4) is 5.75 Å². The lowest BCUT2D eigenvalue weighted by atomic mass is 9.88. The van der Waals surface area contributed by atoms with Crippen LogP contribution in [0.3, 0.4) is 0 Å². The monoisotopic (exact) mass is 204 g/mol. The van der Waals surface area contributed by atoms with Crippen LogP contribution in [-0.4, -0.2) is 6.61 Å². The first kappa shape index (κ1) is 10.5. The molecule has 0 aliphatic carbocycles. The quantitative estimate of drug-likeness (QED) is 0.715. The van der Waals surface area contributed by atoms with Crippen LogP contribution in [0.1, 0.15) is 38.3 Å². The van der Waals surface area contributed by atoms with Crippen molar-refractivity contribution >= 4 is 0 Å². The molecule has 0 atom stereocenters. The molecule has 0 fully saturated rings. The van der Waals surface area contributed by atoms with Gasteiger partial charge in [0.15, 0.2) is 0 Å². The van der Waals surface area contributed by atoms with Gasteiger partial charge in [-0.05, 0) is 35.4 Å². The SMILES string of the molecule is CC(C)(C)CCc1ccc2c(c1)CCO2. The minimum atomic E-state index is 0.426. The van der Waals surface area contributed by atoms with Gasteiger partial charge in [0.1, 0.15) is 5.75 Å². The normalized spacial score (nSPS) is 14.9. The second-order valence-electron chi connectivity index (χ2n) is 5.60. The van der Waals surface area contributed by atoms with Gasteiger partial charge < -0.3 is 4.74 Å². The van der Waals surface area contributed by atoms with E-state index in [9.17, 15) is 0 Å². The fourth-order valence-corrected chi connectivity index (χ4v) is 1.91. The summed E-state index contributed by atoms with van der Waals surface area (Å²) in [6, 6.07) is 6.64. The fraction of sp³-hybridized carbons (Fsp3) is 0.571. The van der Waals surface area contributed by atoms with Crippen molar-refractivity contribution in [2.75, 3.05) is 6.61 Å². The largest absolute Gasteiger partial charge is 0.493 e. The Morgan fingerprint density at radius 3 is 2.80 bits per heavy atom. The number of hydrogen-bond donors (Lipinski definition) is 0. The van der Waals surface area contributed by atoms with Crippen LogP contribution in [0.5, 0.6) is 5.75 Å². The Hall–Kier alpha value is -0.980. The van der Waals surface area contributed by atoms with Gasteiger partial charge in [0.25, 0.3) is 0 Å². The van der Waals surface area contributed by atoms with E-state index < -0.39 is 0 Å². The molecule has 0 saturated carbocycles. The average molecular weight is 204 g/mol. The molecule has 0 bridgehead atoms. The molecule has 1 aliphatic rings. The zero-order chi connectivity index (χ0) is 10.9. The fourth-order valence-electron chi connectivity index (χ4n) is 1.91. The van der Waals surface area contributed by atoms with E-state index in [-0.39, 0.29) is 0 Å². The molecule has 0 saturated heterocycles. The molecule has 1 nitrogen and oxygen atoms in total. The summed E-state index contributed by atoms with van der Waals surface area (Å²) in [5, 5.41) is 0. The smallest absolute Gasteiger partial charge is 0.122 e. The molecule has 0 radical (unpaired) electrons. The van der Waals surface area contributed by atoms with Crippen molar-refractivity contribution in [1.29, 1.82) is 0 Å². The van der Waals surface area contributed by atoms with Crippen LogP contribution in [0.2, 0.25) is 0 Å². The van der Waals surface area contributed by atoms with Gasteiger partial charge in [-0.1, -0.05) is 32.9 Å². The summed E-state index contributed by atoms with van der Waals surface area (Å²) in [5.41, 5.74) is 3.27. The van der Waals surface area contributed by atoms with E-state index in [1.807, 2.05) is 0 Å². The summed E-state index contributed by atoms with van der Waals surface area (Å²) < 4.78 is 5.50. The van der Waals surface area contributed by atoms with E-state index >= 15 is 0 Å². The summed E-state index contributed by atoms with van der Waals surface area (Å²) in [7, 11) is 0. The van der Waals surface area contributed by atoms with Crippen LogP contribution in [0.4, 0.5) is 0 Å². The molecule has 0 amide bonds. The highest BCUT2D eigenvalue weighted by Gasteiger charge is 2.14. The van der Waals surface area contributed by atoms with Crippen LogP contribution in [0.25, 0.3) is 0 Å². The maximum absolute atomic E-state index is 5.50. The zero-order valence-electron chi connectivity index (χ0n) is 9.97. The van der Waals surface area contributed by atoms with Crippen molar-refractivity contribution < 1.29 is 4.74 Å². The minimum absolute atomic E-state index is 0.426. The number of fused-ring (bicyclic) bond motifs is 1. The summed E-state index contributed by atoms with van der Waals surface area (Å²) in [6.45, 7) is 7.74. The first-order chi connectivity index (χ1) is 7.04. The van der Waals surface area contributed by atoms with E-state index in [0.717, 1.165) is 18.8 Å². The van der Waals surface area contributed by atoms with Crippen molar-refractivity contribution in [3.63, 3.8) is 0 Å². The van der Waals surface area contributed by atoms with Gasteiger partial charge in [0, 0.05) is 6.42 Å². The zero-order valence-corrected chi connectivity index (χ0v) is 9.97. The first-order valence-corrected chi connectivity index (χ1v) is 5.79. The molecular formula is C14H20O. The van der Waals surface area contributed by atoms with E-state index in [0.29, 0.717) is 5.41 Å². The number of benzene rings is 1. The molecule has 2 rings (SSSR count). The molecular weight excluding hydrogens is 184 g/mol. The van der Waals surface area contributed by atoms with Gasteiger partial charge in [0.05, 0.1) is 6.61 Å². The molecule has 82 valence electrons. The van der Waals surface area contributed by atoms with Crippen LogP contribution >= 0.6 is 0 Å². The van der Waals surface area contributed by atoms with Gasteiger partial charge in [-0.25, -0.2) is 0 Å². The Morgan fingerprint density at radius 1 is 1.27 bits per heavy atom. The van der Waals surface area contributed by atoms with Gasteiger partial charge in [-0.3, -0.25) is 0 Å². The second kappa shape index (κ2) is 3.88. The van der Waals surface area contributed by atoms with E-state index in [4.69, 9.17) is 4.74 Å². The van der Waals surface area contributed by atoms with Crippen LogP contribution in [0, 0.1) is 5.41 Å². The molecule has 1 aromatic rings.